The minimum absolute atomic E-state index is 0.174. The molecule has 0 bridgehead atoms. The number of aromatic nitrogens is 2. The van der Waals surface area contributed by atoms with E-state index in [2.05, 4.69) is 9.68 Å². The van der Waals surface area contributed by atoms with Gasteiger partial charge >= 0.3 is 11.8 Å². The van der Waals surface area contributed by atoms with Crippen LogP contribution >= 0.6 is 0 Å². The lowest BCUT2D eigenvalue weighted by atomic mass is 10.1. The predicted molar refractivity (Wildman–Crippen MR) is 71.9 cm³/mol. The summed E-state index contributed by atoms with van der Waals surface area (Å²) < 4.78 is 27.2. The Bertz CT molecular complexity index is 691. The van der Waals surface area contributed by atoms with Crippen LogP contribution in [0.2, 0.25) is 0 Å². The summed E-state index contributed by atoms with van der Waals surface area (Å²) >= 11 is -2.04. The first kappa shape index (κ1) is 14.5. The first-order chi connectivity index (χ1) is 9.52. The van der Waals surface area contributed by atoms with Crippen molar-refractivity contribution in [3.63, 3.8) is 0 Å². The third-order valence-corrected chi connectivity index (χ3v) is 3.48. The summed E-state index contributed by atoms with van der Waals surface area (Å²) in [6.45, 7) is 5.63. The van der Waals surface area contributed by atoms with Gasteiger partial charge in [-0.2, -0.15) is 0 Å². The number of nitrogens with zero attached hydrogens (tertiary/aromatic N) is 2. The van der Waals surface area contributed by atoms with Gasteiger partial charge in [-0.05, 0) is 37.6 Å². The molecule has 20 heavy (non-hydrogen) atoms. The third kappa shape index (κ3) is 2.97. The SMILES string of the molecule is CCOS(=O)n1c(Oc2ccc(C)cc2C)noc1=O. The smallest absolute Gasteiger partial charge is 0.422 e. The van der Waals surface area contributed by atoms with Crippen molar-refractivity contribution in [3.05, 3.63) is 39.9 Å². The molecular formula is C12H14N2O5S. The Morgan fingerprint density at radius 3 is 2.80 bits per heavy atom. The van der Waals surface area contributed by atoms with Gasteiger partial charge in [0.2, 0.25) is 0 Å². The minimum atomic E-state index is -2.04. The molecule has 8 heteroatoms. The summed E-state index contributed by atoms with van der Waals surface area (Å²) in [6.07, 6.45) is 0. The zero-order chi connectivity index (χ0) is 14.7. The first-order valence-corrected chi connectivity index (χ1v) is 6.95. The van der Waals surface area contributed by atoms with E-state index in [0.29, 0.717) is 9.72 Å². The molecule has 1 aromatic carbocycles. The van der Waals surface area contributed by atoms with E-state index in [1.54, 1.807) is 13.0 Å². The number of hydrogen-bond acceptors (Lipinski definition) is 6. The Morgan fingerprint density at radius 1 is 1.40 bits per heavy atom. The van der Waals surface area contributed by atoms with Gasteiger partial charge in [-0.3, -0.25) is 8.71 Å². The molecule has 0 saturated carbocycles. The summed E-state index contributed by atoms with van der Waals surface area (Å²) in [5, 5.41) is 3.46. The van der Waals surface area contributed by atoms with Gasteiger partial charge in [0.05, 0.1) is 6.61 Å². The monoisotopic (exact) mass is 298 g/mol. The number of rotatable bonds is 5. The van der Waals surface area contributed by atoms with E-state index in [-0.39, 0.29) is 12.6 Å². The summed E-state index contributed by atoms with van der Waals surface area (Å²) in [4.78, 5) is 11.5. The Morgan fingerprint density at radius 2 is 2.15 bits per heavy atom. The molecule has 108 valence electrons. The number of hydrogen-bond donors (Lipinski definition) is 0. The molecule has 1 heterocycles. The summed E-state index contributed by atoms with van der Waals surface area (Å²) in [5.41, 5.74) is 1.93. The molecule has 0 amide bonds. The van der Waals surface area contributed by atoms with Crippen LogP contribution in [0.5, 0.6) is 11.8 Å². The van der Waals surface area contributed by atoms with Gasteiger partial charge in [0.1, 0.15) is 5.75 Å². The quantitative estimate of drug-likeness (QED) is 0.835. The summed E-state index contributed by atoms with van der Waals surface area (Å²) in [5.74, 6) is -0.414. The van der Waals surface area contributed by atoms with E-state index < -0.39 is 17.0 Å². The maximum atomic E-state index is 11.7. The molecule has 0 N–H and O–H groups in total. The highest BCUT2D eigenvalue weighted by atomic mass is 32.2. The average molecular weight is 298 g/mol. The van der Waals surface area contributed by atoms with E-state index >= 15 is 0 Å². The molecule has 7 nitrogen and oxygen atoms in total. The first-order valence-electron chi connectivity index (χ1n) is 5.92. The minimum Gasteiger partial charge on any atom is -0.422 e. The van der Waals surface area contributed by atoms with Crippen LogP contribution in [0.1, 0.15) is 18.1 Å². The van der Waals surface area contributed by atoms with Crippen molar-refractivity contribution in [2.45, 2.75) is 20.8 Å². The average Bonchev–Trinajstić information content (AvgIpc) is 2.74. The van der Waals surface area contributed by atoms with Gasteiger partial charge in [0, 0.05) is 0 Å². The lowest BCUT2D eigenvalue weighted by Gasteiger charge is -2.08. The number of benzene rings is 1. The second-order valence-electron chi connectivity index (χ2n) is 4.02. The number of ether oxygens (including phenoxy) is 1. The van der Waals surface area contributed by atoms with E-state index in [9.17, 15) is 9.00 Å². The summed E-state index contributed by atoms with van der Waals surface area (Å²) in [7, 11) is 0. The van der Waals surface area contributed by atoms with Crippen molar-refractivity contribution in [2.24, 2.45) is 0 Å². The van der Waals surface area contributed by atoms with Crippen LogP contribution in [0.4, 0.5) is 0 Å². The Hall–Kier alpha value is -1.93. The van der Waals surface area contributed by atoms with Crippen molar-refractivity contribution >= 4 is 11.3 Å². The van der Waals surface area contributed by atoms with Gasteiger partial charge in [-0.15, -0.1) is 3.97 Å². The van der Waals surface area contributed by atoms with E-state index in [4.69, 9.17) is 8.92 Å². The van der Waals surface area contributed by atoms with Crippen molar-refractivity contribution in [2.75, 3.05) is 6.61 Å². The highest BCUT2D eigenvalue weighted by Crippen LogP contribution is 2.24. The molecule has 1 atom stereocenters. The topological polar surface area (TPSA) is 83.6 Å². The van der Waals surface area contributed by atoms with Crippen LogP contribution in [0, 0.1) is 13.8 Å². The van der Waals surface area contributed by atoms with Gasteiger partial charge < -0.3 is 4.74 Å². The number of aryl methyl sites for hydroxylation is 2. The van der Waals surface area contributed by atoms with Crippen LogP contribution in [0.3, 0.4) is 0 Å². The lowest BCUT2D eigenvalue weighted by Crippen LogP contribution is -2.20. The molecule has 0 saturated heterocycles. The third-order valence-electron chi connectivity index (χ3n) is 2.44. The summed E-state index contributed by atoms with van der Waals surface area (Å²) in [6, 6.07) is 5.29. The van der Waals surface area contributed by atoms with Gasteiger partial charge in [-0.1, -0.05) is 17.7 Å². The second kappa shape index (κ2) is 6.02. The van der Waals surface area contributed by atoms with Crippen LogP contribution in [0.15, 0.2) is 27.5 Å². The van der Waals surface area contributed by atoms with Crippen LogP contribution < -0.4 is 10.5 Å². The fourth-order valence-corrected chi connectivity index (χ4v) is 2.24. The van der Waals surface area contributed by atoms with Crippen molar-refractivity contribution in [1.29, 1.82) is 0 Å². The zero-order valence-electron chi connectivity index (χ0n) is 11.3. The van der Waals surface area contributed by atoms with Gasteiger partial charge in [0.15, 0.2) is 0 Å². The van der Waals surface area contributed by atoms with Crippen molar-refractivity contribution < 1.29 is 17.7 Å². The molecule has 0 aliphatic rings. The van der Waals surface area contributed by atoms with Crippen LogP contribution in [0.25, 0.3) is 0 Å². The largest absolute Gasteiger partial charge is 0.458 e. The Kier molecular flexibility index (Phi) is 4.35. The molecule has 2 aromatic rings. The molecular weight excluding hydrogens is 284 g/mol. The maximum absolute atomic E-state index is 11.7. The molecule has 0 radical (unpaired) electrons. The van der Waals surface area contributed by atoms with Crippen molar-refractivity contribution in [3.8, 4) is 11.8 Å². The Labute approximate surface area is 117 Å². The fourth-order valence-electron chi connectivity index (χ4n) is 1.58. The molecule has 1 unspecified atom stereocenters. The second-order valence-corrected chi connectivity index (χ2v) is 5.06. The van der Waals surface area contributed by atoms with Crippen molar-refractivity contribution in [1.82, 2.24) is 9.13 Å². The standard InChI is InChI=1S/C12H14N2O5S/c1-4-17-20(16)14-11(13-19-12(14)15)18-10-6-5-8(2)7-9(10)3/h5-7H,4H2,1-3H3. The molecule has 0 aliphatic carbocycles. The zero-order valence-corrected chi connectivity index (χ0v) is 12.1. The molecule has 1 aromatic heterocycles. The molecule has 0 aliphatic heterocycles. The normalized spacial score (nSPS) is 12.3. The van der Waals surface area contributed by atoms with Gasteiger partial charge in [-0.25, -0.2) is 9.00 Å². The van der Waals surface area contributed by atoms with Crippen LogP contribution in [-0.2, 0) is 15.4 Å². The van der Waals surface area contributed by atoms with E-state index in [0.717, 1.165) is 11.1 Å². The Balaban J connectivity index is 2.35. The maximum Gasteiger partial charge on any atom is 0.458 e. The van der Waals surface area contributed by atoms with E-state index in [1.807, 2.05) is 26.0 Å². The lowest BCUT2D eigenvalue weighted by molar-refractivity contribution is 0.350. The molecule has 0 fully saturated rings. The molecule has 0 spiro atoms. The highest BCUT2D eigenvalue weighted by Gasteiger charge is 2.19. The van der Waals surface area contributed by atoms with Crippen LogP contribution in [-0.4, -0.2) is 19.9 Å². The molecule has 2 rings (SSSR count). The predicted octanol–water partition coefficient (Wildman–Crippen LogP) is 1.71. The highest BCUT2D eigenvalue weighted by molar-refractivity contribution is 7.78. The van der Waals surface area contributed by atoms with Gasteiger partial charge in [0.25, 0.3) is 11.3 Å². The van der Waals surface area contributed by atoms with E-state index in [1.165, 1.54) is 0 Å². The fraction of sp³-hybridized carbons (Fsp3) is 0.333.